The van der Waals surface area contributed by atoms with E-state index >= 15 is 0 Å². The molecular formula is C20H18ClNO4. The maximum atomic E-state index is 12.6. The fourth-order valence-corrected chi connectivity index (χ4v) is 3.20. The number of imide groups is 1. The van der Waals surface area contributed by atoms with Gasteiger partial charge in [-0.25, -0.2) is 0 Å². The fraction of sp³-hybridized carbons (Fsp3) is 0.250. The van der Waals surface area contributed by atoms with E-state index in [1.807, 2.05) is 0 Å². The van der Waals surface area contributed by atoms with Gasteiger partial charge in [0.25, 0.3) is 11.8 Å². The Morgan fingerprint density at radius 3 is 2.15 bits per heavy atom. The molecule has 3 rings (SSSR count). The molecule has 1 aliphatic rings. The number of carbonyl (C=O) groups is 3. The van der Waals surface area contributed by atoms with Crippen LogP contribution in [0.2, 0.25) is 5.02 Å². The molecule has 0 N–H and O–H groups in total. The molecule has 134 valence electrons. The standard InChI is InChI=1S/C20H18ClNO4/c1-2-26-18(23)11-14(13-7-9-15(21)10-8-13)12-22-19(24)16-5-3-4-6-17(16)20(22)25/h3-10,14H,2,11-12H2,1H3/t14-/m1/s1. The number of hydrogen-bond donors (Lipinski definition) is 0. The Hall–Kier alpha value is -2.66. The Morgan fingerprint density at radius 1 is 1.04 bits per heavy atom. The van der Waals surface area contributed by atoms with E-state index in [-0.39, 0.29) is 43.3 Å². The van der Waals surface area contributed by atoms with Crippen LogP contribution in [-0.4, -0.2) is 35.8 Å². The molecule has 2 aromatic carbocycles. The van der Waals surface area contributed by atoms with Crippen molar-refractivity contribution in [3.63, 3.8) is 0 Å². The molecule has 0 aromatic heterocycles. The topological polar surface area (TPSA) is 63.7 Å². The molecule has 0 radical (unpaired) electrons. The first kappa shape index (κ1) is 18.1. The highest BCUT2D eigenvalue weighted by molar-refractivity contribution is 6.30. The Morgan fingerprint density at radius 2 is 1.62 bits per heavy atom. The first-order valence-electron chi connectivity index (χ1n) is 8.37. The molecule has 26 heavy (non-hydrogen) atoms. The molecule has 0 spiro atoms. The number of nitrogens with zero attached hydrogens (tertiary/aromatic N) is 1. The van der Waals surface area contributed by atoms with Crippen molar-refractivity contribution in [3.8, 4) is 0 Å². The van der Waals surface area contributed by atoms with E-state index in [2.05, 4.69) is 0 Å². The van der Waals surface area contributed by atoms with E-state index in [4.69, 9.17) is 16.3 Å². The van der Waals surface area contributed by atoms with Crippen LogP contribution in [0, 0.1) is 0 Å². The maximum Gasteiger partial charge on any atom is 0.306 e. The summed E-state index contributed by atoms with van der Waals surface area (Å²) < 4.78 is 5.04. The van der Waals surface area contributed by atoms with Gasteiger partial charge in [0.1, 0.15) is 0 Å². The van der Waals surface area contributed by atoms with Crippen molar-refractivity contribution in [1.82, 2.24) is 4.90 Å². The minimum Gasteiger partial charge on any atom is -0.466 e. The molecule has 5 nitrogen and oxygen atoms in total. The van der Waals surface area contributed by atoms with Crippen molar-refractivity contribution in [1.29, 1.82) is 0 Å². The van der Waals surface area contributed by atoms with Gasteiger partial charge < -0.3 is 4.74 Å². The Kier molecular flexibility index (Phi) is 5.38. The molecule has 6 heteroatoms. The van der Waals surface area contributed by atoms with E-state index in [9.17, 15) is 14.4 Å². The number of ether oxygens (including phenoxy) is 1. The zero-order valence-electron chi connectivity index (χ0n) is 14.3. The lowest BCUT2D eigenvalue weighted by atomic mass is 9.95. The summed E-state index contributed by atoms with van der Waals surface area (Å²) in [6.07, 6.45) is 0.0723. The summed E-state index contributed by atoms with van der Waals surface area (Å²) in [5, 5.41) is 0.573. The molecule has 0 bridgehead atoms. The highest BCUT2D eigenvalue weighted by atomic mass is 35.5. The number of hydrogen-bond acceptors (Lipinski definition) is 4. The van der Waals surface area contributed by atoms with Crippen molar-refractivity contribution >= 4 is 29.4 Å². The van der Waals surface area contributed by atoms with Gasteiger partial charge in [-0.2, -0.15) is 0 Å². The fourth-order valence-electron chi connectivity index (χ4n) is 3.07. The molecule has 0 unspecified atom stereocenters. The van der Waals surface area contributed by atoms with Crippen LogP contribution in [0.1, 0.15) is 45.5 Å². The second-order valence-corrected chi connectivity index (χ2v) is 6.46. The van der Waals surface area contributed by atoms with Crippen LogP contribution in [0.5, 0.6) is 0 Å². The smallest absolute Gasteiger partial charge is 0.306 e. The van der Waals surface area contributed by atoms with Crippen LogP contribution >= 0.6 is 11.6 Å². The van der Waals surface area contributed by atoms with Gasteiger partial charge >= 0.3 is 5.97 Å². The van der Waals surface area contributed by atoms with E-state index in [1.165, 1.54) is 4.90 Å². The van der Waals surface area contributed by atoms with Crippen molar-refractivity contribution < 1.29 is 19.1 Å². The average molecular weight is 372 g/mol. The summed E-state index contributed by atoms with van der Waals surface area (Å²) in [7, 11) is 0. The number of halogens is 1. The van der Waals surface area contributed by atoms with Gasteiger partial charge in [-0.05, 0) is 36.8 Å². The minimum absolute atomic E-state index is 0.0723. The van der Waals surface area contributed by atoms with Gasteiger partial charge in [0.2, 0.25) is 0 Å². The SMILES string of the molecule is CCOC(=O)C[C@H](CN1C(=O)c2ccccc2C1=O)c1ccc(Cl)cc1. The van der Waals surface area contributed by atoms with E-state index in [0.29, 0.717) is 16.1 Å². The number of fused-ring (bicyclic) bond motifs is 1. The summed E-state index contributed by atoms with van der Waals surface area (Å²) in [5.74, 6) is -1.42. The summed E-state index contributed by atoms with van der Waals surface area (Å²) in [6, 6.07) is 13.8. The van der Waals surface area contributed by atoms with Crippen LogP contribution in [0.15, 0.2) is 48.5 Å². The molecule has 2 amide bonds. The molecule has 1 heterocycles. The Balaban J connectivity index is 1.86. The van der Waals surface area contributed by atoms with Gasteiger partial charge in [-0.1, -0.05) is 35.9 Å². The lowest BCUT2D eigenvalue weighted by molar-refractivity contribution is -0.143. The molecule has 1 aliphatic heterocycles. The normalized spacial score (nSPS) is 14.3. The average Bonchev–Trinajstić information content (AvgIpc) is 2.87. The summed E-state index contributed by atoms with van der Waals surface area (Å²) in [5.41, 5.74) is 1.60. The van der Waals surface area contributed by atoms with Crippen molar-refractivity contribution in [2.24, 2.45) is 0 Å². The molecule has 0 saturated carbocycles. The van der Waals surface area contributed by atoms with E-state index in [0.717, 1.165) is 5.56 Å². The van der Waals surface area contributed by atoms with Gasteiger partial charge in [0, 0.05) is 17.5 Å². The van der Waals surface area contributed by atoms with E-state index < -0.39 is 0 Å². The summed E-state index contributed by atoms with van der Waals surface area (Å²) >= 11 is 5.94. The molecule has 0 fully saturated rings. The second-order valence-electron chi connectivity index (χ2n) is 6.02. The monoisotopic (exact) mass is 371 g/mol. The van der Waals surface area contributed by atoms with Crippen molar-refractivity contribution in [2.45, 2.75) is 19.3 Å². The van der Waals surface area contributed by atoms with Gasteiger partial charge in [0.15, 0.2) is 0 Å². The molecule has 0 saturated heterocycles. The van der Waals surface area contributed by atoms with E-state index in [1.54, 1.807) is 55.5 Å². The lowest BCUT2D eigenvalue weighted by Crippen LogP contribution is -2.34. The van der Waals surface area contributed by atoms with Gasteiger partial charge in [-0.3, -0.25) is 19.3 Å². The van der Waals surface area contributed by atoms with Gasteiger partial charge in [0.05, 0.1) is 24.2 Å². The predicted molar refractivity (Wildman–Crippen MR) is 97.3 cm³/mol. The quantitative estimate of drug-likeness (QED) is 0.574. The van der Waals surface area contributed by atoms with Crippen LogP contribution < -0.4 is 0 Å². The van der Waals surface area contributed by atoms with Crippen molar-refractivity contribution in [2.75, 3.05) is 13.2 Å². The highest BCUT2D eigenvalue weighted by Crippen LogP contribution is 2.28. The summed E-state index contributed by atoms with van der Waals surface area (Å²) in [4.78, 5) is 38.4. The lowest BCUT2D eigenvalue weighted by Gasteiger charge is -2.22. The Bertz CT molecular complexity index is 812. The maximum absolute atomic E-state index is 12.6. The molecule has 2 aromatic rings. The van der Waals surface area contributed by atoms with Crippen molar-refractivity contribution in [3.05, 3.63) is 70.2 Å². The number of carbonyl (C=O) groups excluding carboxylic acids is 3. The number of esters is 1. The Labute approximate surface area is 156 Å². The zero-order valence-corrected chi connectivity index (χ0v) is 15.0. The minimum atomic E-state index is -0.371. The number of amides is 2. The third-order valence-corrected chi connectivity index (χ3v) is 4.59. The van der Waals surface area contributed by atoms with Crippen LogP contribution in [0.25, 0.3) is 0 Å². The first-order valence-corrected chi connectivity index (χ1v) is 8.75. The molecular weight excluding hydrogens is 354 g/mol. The largest absolute Gasteiger partial charge is 0.466 e. The first-order chi connectivity index (χ1) is 12.5. The van der Waals surface area contributed by atoms with Crippen LogP contribution in [-0.2, 0) is 9.53 Å². The number of rotatable bonds is 6. The third-order valence-electron chi connectivity index (χ3n) is 4.34. The number of benzene rings is 2. The van der Waals surface area contributed by atoms with Crippen LogP contribution in [0.4, 0.5) is 0 Å². The molecule has 0 aliphatic carbocycles. The zero-order chi connectivity index (χ0) is 18.7. The molecule has 1 atom stereocenters. The summed E-state index contributed by atoms with van der Waals surface area (Å²) in [6.45, 7) is 2.12. The van der Waals surface area contributed by atoms with Gasteiger partial charge in [-0.15, -0.1) is 0 Å². The third kappa shape index (κ3) is 3.63. The predicted octanol–water partition coefficient (Wildman–Crippen LogP) is 3.67. The second kappa shape index (κ2) is 7.70. The van der Waals surface area contributed by atoms with Crippen LogP contribution in [0.3, 0.4) is 0 Å². The highest BCUT2D eigenvalue weighted by Gasteiger charge is 2.37.